The molecule has 0 bridgehead atoms. The van der Waals surface area contributed by atoms with E-state index in [1.807, 2.05) is 6.07 Å². The third-order valence-electron chi connectivity index (χ3n) is 4.34. The van der Waals surface area contributed by atoms with E-state index >= 15 is 0 Å². The summed E-state index contributed by atoms with van der Waals surface area (Å²) in [6, 6.07) is 13.3. The fourth-order valence-electron chi connectivity index (χ4n) is 3.22. The molecule has 124 valence electrons. The molecule has 4 nitrogen and oxygen atoms in total. The lowest BCUT2D eigenvalue weighted by molar-refractivity contribution is -0.136. The van der Waals surface area contributed by atoms with E-state index in [2.05, 4.69) is 17.4 Å². The third-order valence-corrected chi connectivity index (χ3v) is 4.34. The first kappa shape index (κ1) is 16.2. The Hall–Kier alpha value is -2.62. The Bertz CT molecular complexity index is 767. The van der Waals surface area contributed by atoms with Crippen molar-refractivity contribution in [2.45, 2.75) is 38.5 Å². The van der Waals surface area contributed by atoms with Gasteiger partial charge in [-0.1, -0.05) is 30.3 Å². The standard InChI is InChI=1S/C20H21NO3/c22-19(21-18-7-3-4-14(11-18)13-20(23)24)12-15-8-9-16-5-1-2-6-17(16)10-15/h3-4,7-11H,1-2,5-6,12-13H2,(H,21,22)(H,23,24). The molecular weight excluding hydrogens is 302 g/mol. The number of amides is 1. The van der Waals surface area contributed by atoms with Gasteiger partial charge >= 0.3 is 5.97 Å². The second-order valence-electron chi connectivity index (χ2n) is 6.31. The van der Waals surface area contributed by atoms with Gasteiger partial charge in [0.2, 0.25) is 5.91 Å². The highest BCUT2D eigenvalue weighted by Gasteiger charge is 2.11. The van der Waals surface area contributed by atoms with Gasteiger partial charge in [0.25, 0.3) is 0 Å². The Morgan fingerprint density at radius 1 is 0.917 bits per heavy atom. The molecule has 2 aromatic carbocycles. The van der Waals surface area contributed by atoms with Crippen LogP contribution in [-0.2, 0) is 35.3 Å². The molecule has 24 heavy (non-hydrogen) atoms. The lowest BCUT2D eigenvalue weighted by Gasteiger charge is -2.16. The molecule has 0 saturated heterocycles. The van der Waals surface area contributed by atoms with Crippen molar-refractivity contribution < 1.29 is 14.7 Å². The van der Waals surface area contributed by atoms with Crippen LogP contribution < -0.4 is 5.32 Å². The van der Waals surface area contributed by atoms with Crippen molar-refractivity contribution in [2.75, 3.05) is 5.32 Å². The van der Waals surface area contributed by atoms with Crippen LogP contribution in [0.4, 0.5) is 5.69 Å². The van der Waals surface area contributed by atoms with Gasteiger partial charge < -0.3 is 10.4 Å². The Balaban J connectivity index is 1.64. The zero-order chi connectivity index (χ0) is 16.9. The second kappa shape index (κ2) is 7.30. The molecule has 0 heterocycles. The summed E-state index contributed by atoms with van der Waals surface area (Å²) in [5.74, 6) is -0.967. The largest absolute Gasteiger partial charge is 0.481 e. The van der Waals surface area contributed by atoms with E-state index in [1.165, 1.54) is 24.0 Å². The summed E-state index contributed by atoms with van der Waals surface area (Å²) in [5, 5.41) is 11.7. The molecule has 1 aliphatic rings. The van der Waals surface area contributed by atoms with Crippen molar-refractivity contribution in [1.82, 2.24) is 0 Å². The molecule has 2 aromatic rings. The number of benzene rings is 2. The molecule has 0 spiro atoms. The van der Waals surface area contributed by atoms with E-state index in [9.17, 15) is 9.59 Å². The first-order valence-electron chi connectivity index (χ1n) is 8.31. The van der Waals surface area contributed by atoms with Crippen LogP contribution in [0.3, 0.4) is 0 Å². The quantitative estimate of drug-likeness (QED) is 0.886. The van der Waals surface area contributed by atoms with Crippen LogP contribution in [0, 0.1) is 0 Å². The Morgan fingerprint density at radius 2 is 1.67 bits per heavy atom. The number of aryl methyl sites for hydroxylation is 2. The van der Waals surface area contributed by atoms with Crippen molar-refractivity contribution in [1.29, 1.82) is 0 Å². The Kier molecular flexibility index (Phi) is 4.94. The van der Waals surface area contributed by atoms with E-state index in [0.29, 0.717) is 17.7 Å². The van der Waals surface area contributed by atoms with Crippen LogP contribution in [0.15, 0.2) is 42.5 Å². The van der Waals surface area contributed by atoms with Crippen LogP contribution in [-0.4, -0.2) is 17.0 Å². The third kappa shape index (κ3) is 4.22. The Labute approximate surface area is 141 Å². The van der Waals surface area contributed by atoms with Crippen molar-refractivity contribution >= 4 is 17.6 Å². The molecule has 1 aliphatic carbocycles. The number of carbonyl (C=O) groups excluding carboxylic acids is 1. The minimum atomic E-state index is -0.882. The van der Waals surface area contributed by atoms with Crippen LogP contribution in [0.25, 0.3) is 0 Å². The first-order valence-corrected chi connectivity index (χ1v) is 8.31. The lowest BCUT2D eigenvalue weighted by Crippen LogP contribution is -2.15. The summed E-state index contributed by atoms with van der Waals surface area (Å²) in [5.41, 5.74) is 5.11. The van der Waals surface area contributed by atoms with Crippen molar-refractivity contribution in [3.8, 4) is 0 Å². The normalized spacial score (nSPS) is 13.2. The molecular formula is C20H21NO3. The molecule has 0 radical (unpaired) electrons. The van der Waals surface area contributed by atoms with Gasteiger partial charge in [0.15, 0.2) is 0 Å². The zero-order valence-electron chi connectivity index (χ0n) is 13.5. The number of rotatable bonds is 5. The molecule has 3 rings (SSSR count). The number of aliphatic carboxylic acids is 1. The fraction of sp³-hybridized carbons (Fsp3) is 0.300. The molecule has 0 aliphatic heterocycles. The number of carboxylic acids is 1. The van der Waals surface area contributed by atoms with Gasteiger partial charge in [-0.25, -0.2) is 0 Å². The topological polar surface area (TPSA) is 66.4 Å². The predicted octanol–water partition coefficient (Wildman–Crippen LogP) is 3.37. The van der Waals surface area contributed by atoms with Gasteiger partial charge in [-0.15, -0.1) is 0 Å². The maximum absolute atomic E-state index is 12.3. The Morgan fingerprint density at radius 3 is 2.46 bits per heavy atom. The number of fused-ring (bicyclic) bond motifs is 1. The number of hydrogen-bond acceptors (Lipinski definition) is 2. The van der Waals surface area contributed by atoms with E-state index in [-0.39, 0.29) is 12.3 Å². The summed E-state index contributed by atoms with van der Waals surface area (Å²) in [4.78, 5) is 23.0. The highest BCUT2D eigenvalue weighted by atomic mass is 16.4. The summed E-state index contributed by atoms with van der Waals surface area (Å²) in [6.45, 7) is 0. The molecule has 0 fully saturated rings. The van der Waals surface area contributed by atoms with Crippen LogP contribution >= 0.6 is 0 Å². The maximum Gasteiger partial charge on any atom is 0.307 e. The second-order valence-corrected chi connectivity index (χ2v) is 6.31. The first-order chi connectivity index (χ1) is 11.6. The summed E-state index contributed by atoms with van der Waals surface area (Å²) in [7, 11) is 0. The summed E-state index contributed by atoms with van der Waals surface area (Å²) < 4.78 is 0. The lowest BCUT2D eigenvalue weighted by atomic mass is 9.90. The van der Waals surface area contributed by atoms with Crippen LogP contribution in [0.5, 0.6) is 0 Å². The number of carboxylic acid groups (broad SMARTS) is 1. The molecule has 2 N–H and O–H groups in total. The van der Waals surface area contributed by atoms with Gasteiger partial charge in [-0.2, -0.15) is 0 Å². The number of nitrogens with one attached hydrogen (secondary N) is 1. The predicted molar refractivity (Wildman–Crippen MR) is 93.2 cm³/mol. The van der Waals surface area contributed by atoms with Crippen molar-refractivity contribution in [2.24, 2.45) is 0 Å². The zero-order valence-corrected chi connectivity index (χ0v) is 13.5. The average molecular weight is 323 g/mol. The van der Waals surface area contributed by atoms with Gasteiger partial charge in [0.1, 0.15) is 0 Å². The van der Waals surface area contributed by atoms with Crippen molar-refractivity contribution in [3.63, 3.8) is 0 Å². The average Bonchev–Trinajstić information content (AvgIpc) is 2.54. The van der Waals surface area contributed by atoms with E-state index < -0.39 is 5.97 Å². The fourth-order valence-corrected chi connectivity index (χ4v) is 3.22. The summed E-state index contributed by atoms with van der Waals surface area (Å²) >= 11 is 0. The molecule has 0 saturated carbocycles. The summed E-state index contributed by atoms with van der Waals surface area (Å²) in [6.07, 6.45) is 4.99. The number of hydrogen-bond donors (Lipinski definition) is 2. The van der Waals surface area contributed by atoms with E-state index in [0.717, 1.165) is 18.4 Å². The van der Waals surface area contributed by atoms with Crippen LogP contribution in [0.1, 0.15) is 35.1 Å². The van der Waals surface area contributed by atoms with Gasteiger partial charge in [0.05, 0.1) is 12.8 Å². The highest BCUT2D eigenvalue weighted by molar-refractivity contribution is 5.92. The maximum atomic E-state index is 12.3. The minimum absolute atomic E-state index is 0.0471. The molecule has 4 heteroatoms. The minimum Gasteiger partial charge on any atom is -0.481 e. The van der Waals surface area contributed by atoms with Gasteiger partial charge in [-0.05, 0) is 60.1 Å². The molecule has 0 atom stereocenters. The van der Waals surface area contributed by atoms with Crippen molar-refractivity contribution in [3.05, 3.63) is 64.7 Å². The SMILES string of the molecule is O=C(O)Cc1cccc(NC(=O)Cc2ccc3c(c2)CCCC3)c1. The highest BCUT2D eigenvalue weighted by Crippen LogP contribution is 2.22. The smallest absolute Gasteiger partial charge is 0.307 e. The van der Waals surface area contributed by atoms with Crippen LogP contribution in [0.2, 0.25) is 0 Å². The molecule has 0 aromatic heterocycles. The monoisotopic (exact) mass is 323 g/mol. The van der Waals surface area contributed by atoms with E-state index in [1.54, 1.807) is 24.3 Å². The molecule has 1 amide bonds. The van der Waals surface area contributed by atoms with E-state index in [4.69, 9.17) is 5.11 Å². The van der Waals surface area contributed by atoms with Gasteiger partial charge in [-0.3, -0.25) is 9.59 Å². The number of anilines is 1. The van der Waals surface area contributed by atoms with Gasteiger partial charge in [0, 0.05) is 5.69 Å². The molecule has 0 unspecified atom stereocenters. The number of carbonyl (C=O) groups is 2.